The number of ketones is 1. The normalized spacial score (nSPS) is 16.9. The molecule has 0 amide bonds. The van der Waals surface area contributed by atoms with Crippen LogP contribution in [0, 0.1) is 5.82 Å². The van der Waals surface area contributed by atoms with Gasteiger partial charge in [0, 0.05) is 35.1 Å². The first-order valence-corrected chi connectivity index (χ1v) is 10.3. The molecule has 0 saturated carbocycles. The average molecular weight is 510 g/mol. The van der Waals surface area contributed by atoms with Crippen LogP contribution in [0.5, 0.6) is 0 Å². The molecule has 0 bridgehead atoms. The molecule has 1 N–H and O–H groups in total. The van der Waals surface area contributed by atoms with E-state index in [4.69, 9.17) is 23.2 Å². The smallest absolute Gasteiger partial charge is 0.197 e. The molecule has 0 aromatic heterocycles. The molecular weight excluding hydrogens is 494 g/mol. The van der Waals surface area contributed by atoms with Crippen molar-refractivity contribution in [2.45, 2.75) is 6.17 Å². The van der Waals surface area contributed by atoms with Crippen LogP contribution >= 0.6 is 39.1 Å². The van der Waals surface area contributed by atoms with Crippen molar-refractivity contribution in [1.82, 2.24) is 10.2 Å². The van der Waals surface area contributed by atoms with Crippen molar-refractivity contribution in [2.75, 3.05) is 7.05 Å². The molecule has 4 rings (SSSR count). The standard InChI is InChI=1S/C15H12BrFN2O.C7H4Cl2O/c1-19-8-12(11-6-9(16)7-18-15(11)19)14(20)10-4-2-3-5-13(10)17;8-6-2-1-3-7(9)5(6)4-10/h2-8,15,18H,1H3;1-4H. The van der Waals surface area contributed by atoms with Gasteiger partial charge in [0.15, 0.2) is 12.1 Å². The summed E-state index contributed by atoms with van der Waals surface area (Å²) in [7, 11) is 1.88. The summed E-state index contributed by atoms with van der Waals surface area (Å²) in [5.41, 5.74) is 1.81. The van der Waals surface area contributed by atoms with E-state index >= 15 is 0 Å². The number of carbonyl (C=O) groups is 2. The Hall–Kier alpha value is -2.41. The van der Waals surface area contributed by atoms with E-state index in [0.29, 0.717) is 27.5 Å². The van der Waals surface area contributed by atoms with Crippen molar-refractivity contribution in [3.63, 3.8) is 0 Å². The number of halogens is 4. The number of dihydropyridines is 1. The number of likely N-dealkylation sites (N-methyl/N-ethyl adjacent to an activating group) is 1. The van der Waals surface area contributed by atoms with Gasteiger partial charge in [-0.25, -0.2) is 4.39 Å². The monoisotopic (exact) mass is 508 g/mol. The maximum Gasteiger partial charge on any atom is 0.197 e. The minimum absolute atomic E-state index is 0.0815. The average Bonchev–Trinajstić information content (AvgIpc) is 3.04. The largest absolute Gasteiger partial charge is 0.367 e. The first kappa shape index (κ1) is 22.3. The second kappa shape index (κ2) is 9.60. The summed E-state index contributed by atoms with van der Waals surface area (Å²) in [6.45, 7) is 0. The highest BCUT2D eigenvalue weighted by Gasteiger charge is 2.33. The van der Waals surface area contributed by atoms with Gasteiger partial charge in [0.05, 0.1) is 21.2 Å². The van der Waals surface area contributed by atoms with Crippen LogP contribution in [0.4, 0.5) is 4.39 Å². The predicted molar refractivity (Wildman–Crippen MR) is 120 cm³/mol. The van der Waals surface area contributed by atoms with E-state index in [-0.39, 0.29) is 17.5 Å². The van der Waals surface area contributed by atoms with Gasteiger partial charge in [0.25, 0.3) is 0 Å². The Labute approximate surface area is 191 Å². The summed E-state index contributed by atoms with van der Waals surface area (Å²) >= 11 is 14.6. The summed E-state index contributed by atoms with van der Waals surface area (Å²) < 4.78 is 14.6. The summed E-state index contributed by atoms with van der Waals surface area (Å²) in [6, 6.07) is 11.0. The molecule has 0 radical (unpaired) electrons. The second-order valence-electron chi connectivity index (χ2n) is 6.47. The number of aldehydes is 1. The lowest BCUT2D eigenvalue weighted by Crippen LogP contribution is -2.37. The lowest BCUT2D eigenvalue weighted by Gasteiger charge is -2.25. The number of hydrogen-bond donors (Lipinski definition) is 1. The summed E-state index contributed by atoms with van der Waals surface area (Å²) in [4.78, 5) is 24.7. The van der Waals surface area contributed by atoms with Crippen LogP contribution in [0.2, 0.25) is 10.0 Å². The lowest BCUT2D eigenvalue weighted by atomic mass is 9.96. The maximum absolute atomic E-state index is 13.8. The van der Waals surface area contributed by atoms with Crippen LogP contribution in [-0.4, -0.2) is 30.2 Å². The third-order valence-corrected chi connectivity index (χ3v) is 5.62. The van der Waals surface area contributed by atoms with E-state index in [0.717, 1.165) is 10.1 Å². The van der Waals surface area contributed by atoms with Gasteiger partial charge in [-0.05, 0) is 46.3 Å². The van der Waals surface area contributed by atoms with Crippen molar-refractivity contribution in [3.8, 4) is 0 Å². The first-order chi connectivity index (χ1) is 14.3. The number of fused-ring (bicyclic) bond motifs is 1. The van der Waals surface area contributed by atoms with Crippen LogP contribution in [0.15, 0.2) is 76.6 Å². The van der Waals surface area contributed by atoms with Crippen molar-refractivity contribution in [3.05, 3.63) is 104 Å². The Morgan fingerprint density at radius 3 is 2.43 bits per heavy atom. The predicted octanol–water partition coefficient (Wildman–Crippen LogP) is 5.74. The van der Waals surface area contributed by atoms with Gasteiger partial charge < -0.3 is 10.2 Å². The van der Waals surface area contributed by atoms with Crippen molar-refractivity contribution in [1.29, 1.82) is 0 Å². The lowest BCUT2D eigenvalue weighted by molar-refractivity contribution is 0.103. The van der Waals surface area contributed by atoms with Crippen molar-refractivity contribution >= 4 is 51.2 Å². The quantitative estimate of drug-likeness (QED) is 0.423. The number of rotatable bonds is 3. The Balaban J connectivity index is 0.000000216. The molecule has 2 aromatic carbocycles. The highest BCUT2D eigenvalue weighted by molar-refractivity contribution is 9.11. The summed E-state index contributed by atoms with van der Waals surface area (Å²) in [5.74, 6) is -0.795. The van der Waals surface area contributed by atoms with Gasteiger partial charge in [-0.2, -0.15) is 0 Å². The molecule has 0 saturated heterocycles. The van der Waals surface area contributed by atoms with Gasteiger partial charge in [-0.1, -0.05) is 41.4 Å². The number of benzene rings is 2. The van der Waals surface area contributed by atoms with Crippen LogP contribution in [0.3, 0.4) is 0 Å². The molecule has 8 heteroatoms. The van der Waals surface area contributed by atoms with E-state index in [9.17, 15) is 14.0 Å². The zero-order chi connectivity index (χ0) is 21.8. The van der Waals surface area contributed by atoms with E-state index in [1.807, 2.05) is 24.2 Å². The highest BCUT2D eigenvalue weighted by Crippen LogP contribution is 2.32. The number of allylic oxidation sites excluding steroid dienone is 2. The molecule has 2 aliphatic rings. The Morgan fingerprint density at radius 1 is 1.17 bits per heavy atom. The molecule has 1 atom stereocenters. The highest BCUT2D eigenvalue weighted by atomic mass is 79.9. The zero-order valence-corrected chi connectivity index (χ0v) is 18.8. The van der Waals surface area contributed by atoms with Crippen LogP contribution < -0.4 is 5.32 Å². The molecule has 154 valence electrons. The van der Waals surface area contributed by atoms with E-state index in [2.05, 4.69) is 21.2 Å². The Bertz CT molecular complexity index is 1080. The number of nitrogens with zero attached hydrogens (tertiary/aromatic N) is 1. The molecule has 4 nitrogen and oxygen atoms in total. The van der Waals surface area contributed by atoms with E-state index in [1.54, 1.807) is 36.5 Å². The fourth-order valence-corrected chi connectivity index (χ4v) is 3.90. The molecule has 0 aliphatic carbocycles. The SMILES string of the molecule is CN1C=C(C(=O)c2ccccc2F)C2=CC(Br)=CNC21.O=Cc1c(Cl)cccc1Cl. The molecular formula is C22H16BrCl2FN2O2. The number of Topliss-reactive ketones (excluding diaryl/α,β-unsaturated/α-hetero) is 1. The topological polar surface area (TPSA) is 49.4 Å². The van der Waals surface area contributed by atoms with Gasteiger partial charge in [0.1, 0.15) is 12.0 Å². The summed E-state index contributed by atoms with van der Waals surface area (Å²) in [5, 5.41) is 3.96. The Morgan fingerprint density at radius 2 is 1.83 bits per heavy atom. The Kier molecular flexibility index (Phi) is 7.13. The van der Waals surface area contributed by atoms with E-state index < -0.39 is 5.82 Å². The second-order valence-corrected chi connectivity index (χ2v) is 8.20. The van der Waals surface area contributed by atoms with E-state index in [1.165, 1.54) is 12.1 Å². The van der Waals surface area contributed by atoms with Gasteiger partial charge in [-0.15, -0.1) is 0 Å². The fraction of sp³-hybridized carbons (Fsp3) is 0.0909. The maximum atomic E-state index is 13.8. The van der Waals surface area contributed by atoms with Crippen LogP contribution in [-0.2, 0) is 0 Å². The molecule has 2 aromatic rings. The minimum atomic E-state index is -0.497. The molecule has 1 unspecified atom stereocenters. The van der Waals surface area contributed by atoms with Gasteiger partial charge in [-0.3, -0.25) is 9.59 Å². The fourth-order valence-electron chi connectivity index (χ4n) is 3.04. The van der Waals surface area contributed by atoms with Crippen molar-refractivity contribution in [2.24, 2.45) is 0 Å². The van der Waals surface area contributed by atoms with Crippen LogP contribution in [0.1, 0.15) is 20.7 Å². The third-order valence-electron chi connectivity index (χ3n) is 4.50. The first-order valence-electron chi connectivity index (χ1n) is 8.79. The number of hydrogen-bond acceptors (Lipinski definition) is 4. The zero-order valence-electron chi connectivity index (χ0n) is 15.7. The van der Waals surface area contributed by atoms with Gasteiger partial charge in [0.2, 0.25) is 0 Å². The third kappa shape index (κ3) is 4.67. The molecule has 0 spiro atoms. The van der Waals surface area contributed by atoms with Crippen LogP contribution in [0.25, 0.3) is 0 Å². The minimum Gasteiger partial charge on any atom is -0.367 e. The van der Waals surface area contributed by atoms with Crippen molar-refractivity contribution < 1.29 is 14.0 Å². The molecule has 0 fully saturated rings. The van der Waals surface area contributed by atoms with Gasteiger partial charge >= 0.3 is 0 Å². The number of nitrogens with one attached hydrogen (secondary N) is 1. The molecule has 2 aliphatic heterocycles. The molecule has 30 heavy (non-hydrogen) atoms. The number of carbonyl (C=O) groups excluding carboxylic acids is 2. The molecule has 2 heterocycles. The summed E-state index contributed by atoms with van der Waals surface area (Å²) in [6.07, 6.45) is 6.02.